The Kier molecular flexibility index (Phi) is 3.26. The summed E-state index contributed by atoms with van der Waals surface area (Å²) in [4.78, 5) is 13.4. The molecule has 2 unspecified atom stereocenters. The van der Waals surface area contributed by atoms with Gasteiger partial charge in [0.25, 0.3) is 5.91 Å². The molecule has 6 nitrogen and oxygen atoms in total. The molecule has 0 saturated carbocycles. The van der Waals surface area contributed by atoms with Crippen LogP contribution in [0, 0.1) is 11.3 Å². The number of anilines is 2. The number of nitriles is 1. The molecule has 1 aromatic rings. The average molecular weight is 294 g/mol. The highest BCUT2D eigenvalue weighted by molar-refractivity contribution is 6.33. The predicted octanol–water partition coefficient (Wildman–Crippen LogP) is 1.05. The molecule has 7 heteroatoms. The summed E-state index contributed by atoms with van der Waals surface area (Å²) in [6.45, 7) is 1.49. The molecule has 0 aromatic heterocycles. The quantitative estimate of drug-likeness (QED) is 0.808. The summed E-state index contributed by atoms with van der Waals surface area (Å²) in [6.07, 6.45) is -1.67. The van der Waals surface area contributed by atoms with Gasteiger partial charge >= 0.3 is 0 Å². The van der Waals surface area contributed by atoms with Gasteiger partial charge in [-0.05, 0) is 12.1 Å². The lowest BCUT2D eigenvalue weighted by Gasteiger charge is -2.32. The molecule has 1 aromatic carbocycles. The van der Waals surface area contributed by atoms with E-state index < -0.39 is 18.1 Å². The maximum Gasteiger partial charge on any atom is 0.257 e. The molecular weight excluding hydrogens is 282 g/mol. The largest absolute Gasteiger partial charge is 0.378 e. The molecule has 2 atom stereocenters. The van der Waals surface area contributed by atoms with Gasteiger partial charge in [-0.15, -0.1) is 0 Å². The molecule has 2 aliphatic heterocycles. The van der Waals surface area contributed by atoms with E-state index in [4.69, 9.17) is 21.6 Å². The Bertz CT molecular complexity index is 614. The number of halogens is 1. The second kappa shape index (κ2) is 4.94. The first-order valence-electron chi connectivity index (χ1n) is 6.18. The van der Waals surface area contributed by atoms with E-state index in [1.807, 2.05) is 4.90 Å². The number of aliphatic hydroxyl groups excluding tert-OH is 1. The Labute approximate surface area is 120 Å². The minimum Gasteiger partial charge on any atom is -0.378 e. The normalized spacial score (nSPS) is 25.1. The second-order valence-corrected chi connectivity index (χ2v) is 5.12. The SMILES string of the molecule is N#CC1CN(c2cc3c(cc2Cl)C(O)C(=O)N3)CCO1. The summed E-state index contributed by atoms with van der Waals surface area (Å²) < 4.78 is 5.29. The van der Waals surface area contributed by atoms with Crippen molar-refractivity contribution in [3.63, 3.8) is 0 Å². The first kappa shape index (κ1) is 13.2. The molecular formula is C13H12ClN3O3. The number of rotatable bonds is 1. The average Bonchev–Trinajstić information content (AvgIpc) is 2.73. The van der Waals surface area contributed by atoms with Crippen LogP contribution in [0.4, 0.5) is 11.4 Å². The molecule has 1 fully saturated rings. The van der Waals surface area contributed by atoms with Crippen LogP contribution < -0.4 is 10.2 Å². The fourth-order valence-electron chi connectivity index (χ4n) is 2.44. The van der Waals surface area contributed by atoms with Gasteiger partial charge in [-0.3, -0.25) is 4.79 Å². The van der Waals surface area contributed by atoms with Gasteiger partial charge in [0.1, 0.15) is 0 Å². The van der Waals surface area contributed by atoms with Gasteiger partial charge in [-0.2, -0.15) is 5.26 Å². The van der Waals surface area contributed by atoms with Crippen molar-refractivity contribution in [2.45, 2.75) is 12.2 Å². The first-order valence-corrected chi connectivity index (χ1v) is 6.56. The van der Waals surface area contributed by atoms with Crippen molar-refractivity contribution in [2.24, 2.45) is 0 Å². The third-order valence-corrected chi connectivity index (χ3v) is 3.77. The molecule has 3 rings (SSSR count). The number of nitrogens with zero attached hydrogens (tertiary/aromatic N) is 2. The number of nitrogens with one attached hydrogen (secondary N) is 1. The van der Waals surface area contributed by atoms with E-state index in [2.05, 4.69) is 11.4 Å². The van der Waals surface area contributed by atoms with Gasteiger partial charge < -0.3 is 20.1 Å². The Morgan fingerprint density at radius 3 is 3.10 bits per heavy atom. The van der Waals surface area contributed by atoms with Crippen molar-refractivity contribution >= 4 is 28.9 Å². The molecule has 0 aliphatic carbocycles. The van der Waals surface area contributed by atoms with E-state index in [0.717, 1.165) is 5.69 Å². The van der Waals surface area contributed by atoms with Crippen LogP contribution in [-0.2, 0) is 9.53 Å². The molecule has 2 N–H and O–H groups in total. The topological polar surface area (TPSA) is 85.6 Å². The molecule has 2 aliphatic rings. The van der Waals surface area contributed by atoms with Crippen molar-refractivity contribution in [3.05, 3.63) is 22.7 Å². The monoisotopic (exact) mass is 293 g/mol. The van der Waals surface area contributed by atoms with Gasteiger partial charge in [0.15, 0.2) is 12.2 Å². The van der Waals surface area contributed by atoms with Crippen molar-refractivity contribution in [2.75, 3.05) is 29.9 Å². The summed E-state index contributed by atoms with van der Waals surface area (Å²) in [7, 11) is 0. The summed E-state index contributed by atoms with van der Waals surface area (Å²) in [6, 6.07) is 5.39. The highest BCUT2D eigenvalue weighted by atomic mass is 35.5. The van der Waals surface area contributed by atoms with E-state index in [-0.39, 0.29) is 0 Å². The van der Waals surface area contributed by atoms with Crippen LogP contribution in [0.15, 0.2) is 12.1 Å². The molecule has 2 heterocycles. The Hall–Kier alpha value is -1.81. The number of ether oxygens (including phenoxy) is 1. The number of carbonyl (C=O) groups is 1. The third kappa shape index (κ3) is 2.10. The molecule has 1 saturated heterocycles. The fourth-order valence-corrected chi connectivity index (χ4v) is 2.73. The van der Waals surface area contributed by atoms with Crippen LogP contribution in [0.2, 0.25) is 5.02 Å². The molecule has 0 spiro atoms. The van der Waals surface area contributed by atoms with E-state index >= 15 is 0 Å². The van der Waals surface area contributed by atoms with E-state index in [1.165, 1.54) is 0 Å². The summed E-state index contributed by atoms with van der Waals surface area (Å²) in [5.74, 6) is -0.454. The molecule has 20 heavy (non-hydrogen) atoms. The highest BCUT2D eigenvalue weighted by Crippen LogP contribution is 2.39. The zero-order valence-electron chi connectivity index (χ0n) is 10.5. The van der Waals surface area contributed by atoms with E-state index in [0.29, 0.717) is 36.0 Å². The van der Waals surface area contributed by atoms with Crippen LogP contribution >= 0.6 is 11.6 Å². The second-order valence-electron chi connectivity index (χ2n) is 4.72. The van der Waals surface area contributed by atoms with Gasteiger partial charge in [-0.1, -0.05) is 11.6 Å². The maximum atomic E-state index is 11.4. The minimum absolute atomic E-state index is 0.422. The predicted molar refractivity (Wildman–Crippen MR) is 72.6 cm³/mol. The Balaban J connectivity index is 1.94. The number of benzene rings is 1. The number of amides is 1. The number of carbonyl (C=O) groups excluding carboxylic acids is 1. The number of morpholine rings is 1. The number of hydrogen-bond donors (Lipinski definition) is 2. The summed E-state index contributed by atoms with van der Waals surface area (Å²) in [5, 5.41) is 21.7. The van der Waals surface area contributed by atoms with Crippen molar-refractivity contribution in [3.8, 4) is 6.07 Å². The van der Waals surface area contributed by atoms with Gasteiger partial charge in [0, 0.05) is 17.8 Å². The number of hydrogen-bond acceptors (Lipinski definition) is 5. The lowest BCUT2D eigenvalue weighted by Crippen LogP contribution is -2.42. The lowest BCUT2D eigenvalue weighted by atomic mass is 10.1. The molecule has 104 valence electrons. The van der Waals surface area contributed by atoms with Crippen LogP contribution in [0.25, 0.3) is 0 Å². The van der Waals surface area contributed by atoms with E-state index in [1.54, 1.807) is 12.1 Å². The summed E-state index contributed by atoms with van der Waals surface area (Å²) >= 11 is 6.23. The first-order chi connectivity index (χ1) is 9.60. The van der Waals surface area contributed by atoms with Crippen LogP contribution in [0.5, 0.6) is 0 Å². The van der Waals surface area contributed by atoms with E-state index in [9.17, 15) is 9.90 Å². The zero-order chi connectivity index (χ0) is 14.3. The Morgan fingerprint density at radius 1 is 1.55 bits per heavy atom. The van der Waals surface area contributed by atoms with Crippen LogP contribution in [-0.4, -0.2) is 36.8 Å². The lowest BCUT2D eigenvalue weighted by molar-refractivity contribution is -0.123. The third-order valence-electron chi connectivity index (χ3n) is 3.47. The van der Waals surface area contributed by atoms with Crippen molar-refractivity contribution in [1.82, 2.24) is 0 Å². The highest BCUT2D eigenvalue weighted by Gasteiger charge is 2.31. The standard InChI is InChI=1S/C13H12ClN3O3/c14-9-3-8-10(16-13(19)12(8)18)4-11(9)17-1-2-20-7(5-15)6-17/h3-4,7,12,18H,1-2,6H2,(H,16,19). The minimum atomic E-state index is -1.17. The van der Waals surface area contributed by atoms with Gasteiger partial charge in [0.2, 0.25) is 0 Å². The maximum absolute atomic E-state index is 11.4. The van der Waals surface area contributed by atoms with Crippen LogP contribution in [0.3, 0.4) is 0 Å². The molecule has 0 radical (unpaired) electrons. The number of aliphatic hydroxyl groups is 1. The molecule has 1 amide bonds. The fraction of sp³-hybridized carbons (Fsp3) is 0.385. The summed E-state index contributed by atoms with van der Waals surface area (Å²) in [5.41, 5.74) is 1.76. The van der Waals surface area contributed by atoms with Crippen molar-refractivity contribution in [1.29, 1.82) is 5.26 Å². The number of fused-ring (bicyclic) bond motifs is 1. The smallest absolute Gasteiger partial charge is 0.257 e. The molecule has 0 bridgehead atoms. The van der Waals surface area contributed by atoms with Gasteiger partial charge in [-0.25, -0.2) is 0 Å². The van der Waals surface area contributed by atoms with Crippen LogP contribution in [0.1, 0.15) is 11.7 Å². The zero-order valence-corrected chi connectivity index (χ0v) is 11.2. The van der Waals surface area contributed by atoms with Gasteiger partial charge in [0.05, 0.1) is 29.9 Å². The Morgan fingerprint density at radius 2 is 2.35 bits per heavy atom. The van der Waals surface area contributed by atoms with Crippen molar-refractivity contribution < 1.29 is 14.6 Å².